The van der Waals surface area contributed by atoms with E-state index in [-0.39, 0.29) is 18.8 Å². The monoisotopic (exact) mass is 286 g/mol. The summed E-state index contributed by atoms with van der Waals surface area (Å²) in [6, 6.07) is 7.54. The Morgan fingerprint density at radius 2 is 2.05 bits per heavy atom. The van der Waals surface area contributed by atoms with E-state index in [9.17, 15) is 18.3 Å². The highest BCUT2D eigenvalue weighted by atomic mass is 19.4. The molecule has 3 unspecified atom stereocenters. The fourth-order valence-corrected chi connectivity index (χ4v) is 3.08. The van der Waals surface area contributed by atoms with Crippen LogP contribution >= 0.6 is 0 Å². The van der Waals surface area contributed by atoms with Crippen LogP contribution in [0, 0.1) is 11.8 Å². The Bertz CT molecular complexity index is 442. The van der Waals surface area contributed by atoms with Gasteiger partial charge in [-0.1, -0.05) is 37.6 Å². The lowest BCUT2D eigenvalue weighted by Gasteiger charge is -2.33. The van der Waals surface area contributed by atoms with Crippen LogP contribution < -0.4 is 0 Å². The molecule has 0 radical (unpaired) electrons. The molecule has 0 saturated heterocycles. The van der Waals surface area contributed by atoms with Crippen molar-refractivity contribution in [2.75, 3.05) is 0 Å². The van der Waals surface area contributed by atoms with Gasteiger partial charge in [-0.2, -0.15) is 13.2 Å². The molecule has 0 aromatic heterocycles. The summed E-state index contributed by atoms with van der Waals surface area (Å²) in [6.45, 7) is 2.02. The van der Waals surface area contributed by atoms with Crippen LogP contribution in [-0.2, 0) is 6.42 Å². The van der Waals surface area contributed by atoms with Crippen molar-refractivity contribution in [1.29, 1.82) is 0 Å². The van der Waals surface area contributed by atoms with Crippen molar-refractivity contribution in [1.82, 2.24) is 0 Å². The average Bonchev–Trinajstić information content (AvgIpc) is 2.46. The zero-order valence-corrected chi connectivity index (χ0v) is 11.7. The molecule has 0 aliphatic heterocycles. The van der Waals surface area contributed by atoms with Crippen LogP contribution in [0.15, 0.2) is 24.3 Å². The predicted molar refractivity (Wildman–Crippen MR) is 72.3 cm³/mol. The van der Waals surface area contributed by atoms with Gasteiger partial charge in [0.25, 0.3) is 0 Å². The molecule has 0 bridgehead atoms. The van der Waals surface area contributed by atoms with Gasteiger partial charge in [0.2, 0.25) is 0 Å². The molecule has 1 aliphatic carbocycles. The number of rotatable bonds is 3. The lowest BCUT2D eigenvalue weighted by atomic mass is 9.76. The number of aryl methyl sites for hydroxylation is 1. The van der Waals surface area contributed by atoms with Crippen LogP contribution in [0.3, 0.4) is 0 Å². The highest BCUT2D eigenvalue weighted by Gasteiger charge is 2.43. The normalized spacial score (nSPS) is 25.4. The molecule has 1 fully saturated rings. The Hall–Kier alpha value is -1.03. The quantitative estimate of drug-likeness (QED) is 0.857. The van der Waals surface area contributed by atoms with Crippen molar-refractivity contribution >= 4 is 0 Å². The van der Waals surface area contributed by atoms with Gasteiger partial charge < -0.3 is 5.11 Å². The van der Waals surface area contributed by atoms with Crippen molar-refractivity contribution in [3.05, 3.63) is 35.4 Å². The third-order valence-corrected chi connectivity index (χ3v) is 4.33. The Kier molecular flexibility index (Phi) is 4.74. The molecule has 0 amide bonds. The summed E-state index contributed by atoms with van der Waals surface area (Å²) < 4.78 is 38.5. The van der Waals surface area contributed by atoms with Crippen molar-refractivity contribution in [2.45, 2.75) is 51.3 Å². The van der Waals surface area contributed by atoms with Crippen LogP contribution in [0.1, 0.15) is 49.8 Å². The zero-order chi connectivity index (χ0) is 14.8. The summed E-state index contributed by atoms with van der Waals surface area (Å²) in [5.41, 5.74) is 1.85. The van der Waals surface area contributed by atoms with Gasteiger partial charge in [-0.05, 0) is 42.7 Å². The standard InChI is InChI=1S/C16H21F3O/c1-2-11-5-3-6-12(9-11)15(20)13-7-4-8-14(10-13)16(17,18)19/h3,5-6,9,13-15,20H,2,4,7-8,10H2,1H3. The fourth-order valence-electron chi connectivity index (χ4n) is 3.08. The average molecular weight is 286 g/mol. The smallest absolute Gasteiger partial charge is 0.388 e. The molecule has 1 N–H and O–H groups in total. The van der Waals surface area contributed by atoms with E-state index in [1.54, 1.807) is 6.07 Å². The number of halogens is 3. The topological polar surface area (TPSA) is 20.2 Å². The van der Waals surface area contributed by atoms with Crippen molar-refractivity contribution < 1.29 is 18.3 Å². The first-order valence-electron chi connectivity index (χ1n) is 7.25. The van der Waals surface area contributed by atoms with E-state index in [1.807, 2.05) is 25.1 Å². The van der Waals surface area contributed by atoms with Crippen LogP contribution in [0.4, 0.5) is 13.2 Å². The molecule has 0 spiro atoms. The van der Waals surface area contributed by atoms with Gasteiger partial charge in [-0.25, -0.2) is 0 Å². The second kappa shape index (κ2) is 6.17. The van der Waals surface area contributed by atoms with Gasteiger partial charge >= 0.3 is 6.18 Å². The maximum atomic E-state index is 12.8. The second-order valence-electron chi connectivity index (χ2n) is 5.71. The first-order chi connectivity index (χ1) is 9.41. The summed E-state index contributed by atoms with van der Waals surface area (Å²) in [5, 5.41) is 10.4. The highest BCUT2D eigenvalue weighted by Crippen LogP contribution is 2.43. The number of hydrogen-bond acceptors (Lipinski definition) is 1. The van der Waals surface area contributed by atoms with Gasteiger partial charge in [0, 0.05) is 0 Å². The molecule has 3 atom stereocenters. The van der Waals surface area contributed by atoms with Crippen LogP contribution in [0.25, 0.3) is 0 Å². The van der Waals surface area contributed by atoms with Crippen molar-refractivity contribution in [3.63, 3.8) is 0 Å². The first-order valence-corrected chi connectivity index (χ1v) is 7.25. The summed E-state index contributed by atoms with van der Waals surface area (Å²) in [5.74, 6) is -1.55. The van der Waals surface area contributed by atoms with E-state index in [4.69, 9.17) is 0 Å². The molecule has 1 saturated carbocycles. The van der Waals surface area contributed by atoms with E-state index in [0.29, 0.717) is 12.8 Å². The minimum Gasteiger partial charge on any atom is -0.388 e. The highest BCUT2D eigenvalue weighted by molar-refractivity contribution is 5.25. The Labute approximate surface area is 117 Å². The molecule has 1 nitrogen and oxygen atoms in total. The van der Waals surface area contributed by atoms with E-state index in [0.717, 1.165) is 17.5 Å². The predicted octanol–water partition coefficient (Wildman–Crippen LogP) is 4.65. The molecule has 2 rings (SSSR count). The molecule has 1 aliphatic rings. The number of alkyl halides is 3. The second-order valence-corrected chi connectivity index (χ2v) is 5.71. The molecular formula is C16H21F3O. The summed E-state index contributed by atoms with van der Waals surface area (Å²) in [6.07, 6.45) is -2.61. The largest absolute Gasteiger partial charge is 0.391 e. The summed E-state index contributed by atoms with van der Waals surface area (Å²) in [7, 11) is 0. The molecule has 112 valence electrons. The minimum absolute atomic E-state index is 0.0427. The van der Waals surface area contributed by atoms with Crippen molar-refractivity contribution in [3.8, 4) is 0 Å². The van der Waals surface area contributed by atoms with Gasteiger partial charge in [-0.15, -0.1) is 0 Å². The van der Waals surface area contributed by atoms with E-state index >= 15 is 0 Å². The lowest BCUT2D eigenvalue weighted by Crippen LogP contribution is -2.31. The van der Waals surface area contributed by atoms with Crippen LogP contribution in [0.2, 0.25) is 0 Å². The summed E-state index contributed by atoms with van der Waals surface area (Å²) >= 11 is 0. The van der Waals surface area contributed by atoms with E-state index in [1.165, 1.54) is 0 Å². The minimum atomic E-state index is -4.14. The third kappa shape index (κ3) is 3.54. The Morgan fingerprint density at radius 3 is 2.70 bits per heavy atom. The first kappa shape index (κ1) is 15.4. The molecule has 1 aromatic rings. The maximum Gasteiger partial charge on any atom is 0.391 e. The third-order valence-electron chi connectivity index (χ3n) is 4.33. The van der Waals surface area contributed by atoms with E-state index in [2.05, 4.69) is 0 Å². The lowest BCUT2D eigenvalue weighted by molar-refractivity contribution is -0.189. The molecule has 0 heterocycles. The Morgan fingerprint density at radius 1 is 1.30 bits per heavy atom. The van der Waals surface area contributed by atoms with Gasteiger partial charge in [0.05, 0.1) is 12.0 Å². The van der Waals surface area contributed by atoms with E-state index < -0.39 is 18.2 Å². The molecule has 20 heavy (non-hydrogen) atoms. The van der Waals surface area contributed by atoms with Crippen LogP contribution in [0.5, 0.6) is 0 Å². The van der Waals surface area contributed by atoms with Gasteiger partial charge in [-0.3, -0.25) is 0 Å². The van der Waals surface area contributed by atoms with Crippen LogP contribution in [-0.4, -0.2) is 11.3 Å². The Balaban J connectivity index is 2.10. The van der Waals surface area contributed by atoms with Gasteiger partial charge in [0.1, 0.15) is 0 Å². The molecule has 4 heteroatoms. The fraction of sp³-hybridized carbons (Fsp3) is 0.625. The van der Waals surface area contributed by atoms with Gasteiger partial charge in [0.15, 0.2) is 0 Å². The number of hydrogen-bond donors (Lipinski definition) is 1. The molecular weight excluding hydrogens is 265 g/mol. The zero-order valence-electron chi connectivity index (χ0n) is 11.7. The number of aliphatic hydroxyl groups excluding tert-OH is 1. The SMILES string of the molecule is CCc1cccc(C(O)C2CCCC(C(F)(F)F)C2)c1. The number of aliphatic hydroxyl groups is 1. The molecule has 1 aromatic carbocycles. The van der Waals surface area contributed by atoms with Crippen molar-refractivity contribution in [2.24, 2.45) is 11.8 Å². The number of benzene rings is 1. The maximum absolute atomic E-state index is 12.8. The summed E-state index contributed by atoms with van der Waals surface area (Å²) in [4.78, 5) is 0.